The molecule has 0 heterocycles. The molecule has 1 unspecified atom stereocenters. The first-order valence-electron chi connectivity index (χ1n) is 3.54. The summed E-state index contributed by atoms with van der Waals surface area (Å²) in [6, 6.07) is 0. The van der Waals surface area contributed by atoms with E-state index in [1.165, 1.54) is 13.8 Å². The first kappa shape index (κ1) is 11.9. The zero-order valence-electron chi connectivity index (χ0n) is 7.61. The molecule has 0 N–H and O–H groups in total. The van der Waals surface area contributed by atoms with Crippen LogP contribution in [-0.4, -0.2) is 19.8 Å². The highest BCUT2D eigenvalue weighted by Crippen LogP contribution is 2.06. The van der Waals surface area contributed by atoms with Crippen LogP contribution in [0.2, 0.25) is 0 Å². The van der Waals surface area contributed by atoms with Crippen molar-refractivity contribution in [2.45, 2.75) is 19.3 Å². The lowest BCUT2D eigenvalue weighted by molar-refractivity contribution is -0.140. The predicted molar refractivity (Wildman–Crippen MR) is 49.5 cm³/mol. The number of hydrogen-bond donors (Lipinski definition) is 0. The predicted octanol–water partition coefficient (Wildman–Crippen LogP) is 1.01. The molecule has 0 fully saturated rings. The maximum atomic E-state index is 11.0. The summed E-state index contributed by atoms with van der Waals surface area (Å²) in [4.78, 5) is 10.9. The number of esters is 1. The van der Waals surface area contributed by atoms with E-state index in [-0.39, 0.29) is 5.57 Å². The van der Waals surface area contributed by atoms with Gasteiger partial charge in [-0.3, -0.25) is 0 Å². The summed E-state index contributed by atoms with van der Waals surface area (Å²) in [5.41, 5.74) is -1.06. The van der Waals surface area contributed by atoms with E-state index in [2.05, 4.69) is 17.9 Å². The van der Waals surface area contributed by atoms with E-state index in [9.17, 15) is 13.2 Å². The summed E-state index contributed by atoms with van der Waals surface area (Å²) in [6.07, 6.45) is 0. The quantitative estimate of drug-likeness (QED) is 0.506. The molecular formula is C8H12O4S. The van der Waals surface area contributed by atoms with Gasteiger partial charge in [-0.05, 0) is 13.8 Å². The lowest BCUT2D eigenvalue weighted by atomic mass is 10.4. The molecule has 74 valence electrons. The molecule has 0 amide bonds. The van der Waals surface area contributed by atoms with Crippen molar-refractivity contribution >= 4 is 15.8 Å². The molecule has 0 rings (SSSR count). The smallest absolute Gasteiger partial charge is 0.334 e. The SMILES string of the molecule is C=CS(=O)(=O)C(C)OC(=O)C(=C)C. The Kier molecular flexibility index (Phi) is 3.87. The third kappa shape index (κ3) is 3.42. The highest BCUT2D eigenvalue weighted by molar-refractivity contribution is 7.94. The average Bonchev–Trinajstić information content (AvgIpc) is 2.04. The van der Waals surface area contributed by atoms with Crippen molar-refractivity contribution in [1.29, 1.82) is 0 Å². The van der Waals surface area contributed by atoms with E-state index in [1.807, 2.05) is 0 Å². The molecule has 0 aromatic rings. The van der Waals surface area contributed by atoms with Crippen LogP contribution in [0.25, 0.3) is 0 Å². The molecule has 0 aliphatic carbocycles. The number of ether oxygens (including phenoxy) is 1. The molecular weight excluding hydrogens is 192 g/mol. The Morgan fingerprint density at radius 1 is 1.54 bits per heavy atom. The Labute approximate surface area is 77.8 Å². The number of hydrogen-bond acceptors (Lipinski definition) is 4. The van der Waals surface area contributed by atoms with Gasteiger partial charge in [0.05, 0.1) is 0 Å². The Morgan fingerprint density at radius 3 is 2.31 bits per heavy atom. The zero-order chi connectivity index (χ0) is 10.6. The van der Waals surface area contributed by atoms with Gasteiger partial charge >= 0.3 is 5.97 Å². The fourth-order valence-corrected chi connectivity index (χ4v) is 0.946. The third-order valence-electron chi connectivity index (χ3n) is 1.32. The van der Waals surface area contributed by atoms with Crippen molar-refractivity contribution in [2.24, 2.45) is 0 Å². The second-order valence-corrected chi connectivity index (χ2v) is 4.68. The van der Waals surface area contributed by atoms with Crippen molar-refractivity contribution in [3.63, 3.8) is 0 Å². The summed E-state index contributed by atoms with van der Waals surface area (Å²) >= 11 is 0. The van der Waals surface area contributed by atoms with Gasteiger partial charge in [0.1, 0.15) is 0 Å². The van der Waals surface area contributed by atoms with Crippen LogP contribution in [0.4, 0.5) is 0 Å². The van der Waals surface area contributed by atoms with Crippen molar-refractivity contribution in [3.8, 4) is 0 Å². The van der Waals surface area contributed by atoms with Gasteiger partial charge in [-0.15, -0.1) is 0 Å². The maximum Gasteiger partial charge on any atom is 0.334 e. The van der Waals surface area contributed by atoms with Gasteiger partial charge in [0, 0.05) is 11.0 Å². The van der Waals surface area contributed by atoms with Gasteiger partial charge in [-0.25, -0.2) is 13.2 Å². The maximum absolute atomic E-state index is 11.0. The molecule has 0 aromatic heterocycles. The molecule has 1 atom stereocenters. The van der Waals surface area contributed by atoms with Gasteiger partial charge in [-0.1, -0.05) is 13.2 Å². The monoisotopic (exact) mass is 204 g/mol. The van der Waals surface area contributed by atoms with Crippen LogP contribution in [0.1, 0.15) is 13.8 Å². The molecule has 0 spiro atoms. The third-order valence-corrected chi connectivity index (χ3v) is 2.80. The van der Waals surface area contributed by atoms with Crippen molar-refractivity contribution < 1.29 is 17.9 Å². The lowest BCUT2D eigenvalue weighted by Gasteiger charge is -2.10. The fraction of sp³-hybridized carbons (Fsp3) is 0.375. The van der Waals surface area contributed by atoms with Crippen LogP contribution in [0.3, 0.4) is 0 Å². The van der Waals surface area contributed by atoms with Gasteiger partial charge in [-0.2, -0.15) is 0 Å². The van der Waals surface area contributed by atoms with Crippen LogP contribution in [-0.2, 0) is 19.4 Å². The Balaban J connectivity index is 4.50. The van der Waals surface area contributed by atoms with E-state index in [0.717, 1.165) is 5.41 Å². The second kappa shape index (κ2) is 4.23. The summed E-state index contributed by atoms with van der Waals surface area (Å²) < 4.78 is 26.6. The molecule has 0 aliphatic heterocycles. The minimum Gasteiger partial charge on any atom is -0.443 e. The molecule has 0 bridgehead atoms. The van der Waals surface area contributed by atoms with Crippen LogP contribution in [0.15, 0.2) is 24.1 Å². The Bertz CT molecular complexity index is 326. The average molecular weight is 204 g/mol. The molecule has 0 saturated heterocycles. The fourth-order valence-electron chi connectivity index (χ4n) is 0.454. The topological polar surface area (TPSA) is 60.4 Å². The molecule has 5 heteroatoms. The van der Waals surface area contributed by atoms with Gasteiger partial charge in [0.25, 0.3) is 0 Å². The van der Waals surface area contributed by atoms with Gasteiger partial charge in [0.2, 0.25) is 15.3 Å². The standard InChI is InChI=1S/C8H12O4S/c1-5-13(10,11)7(4)12-8(9)6(2)3/h5,7H,1-2H2,3-4H3. The number of carbonyl (C=O) groups excluding carboxylic acids is 1. The minimum atomic E-state index is -3.55. The Morgan fingerprint density at radius 2 is 2.00 bits per heavy atom. The van der Waals surface area contributed by atoms with E-state index in [1.54, 1.807) is 0 Å². The molecule has 4 nitrogen and oxygen atoms in total. The summed E-state index contributed by atoms with van der Waals surface area (Å²) in [7, 11) is -3.55. The minimum absolute atomic E-state index is 0.158. The Hall–Kier alpha value is -1.10. The van der Waals surface area contributed by atoms with E-state index in [0.29, 0.717) is 0 Å². The van der Waals surface area contributed by atoms with Crippen LogP contribution in [0.5, 0.6) is 0 Å². The van der Waals surface area contributed by atoms with Crippen LogP contribution >= 0.6 is 0 Å². The highest BCUT2D eigenvalue weighted by atomic mass is 32.2. The number of rotatable bonds is 4. The number of sulfone groups is 1. The van der Waals surface area contributed by atoms with E-state index in [4.69, 9.17) is 0 Å². The van der Waals surface area contributed by atoms with E-state index < -0.39 is 21.2 Å². The van der Waals surface area contributed by atoms with Crippen LogP contribution in [0, 0.1) is 0 Å². The van der Waals surface area contributed by atoms with Crippen molar-refractivity contribution in [2.75, 3.05) is 0 Å². The molecule has 0 saturated carbocycles. The highest BCUT2D eigenvalue weighted by Gasteiger charge is 2.21. The molecule has 0 radical (unpaired) electrons. The second-order valence-electron chi connectivity index (χ2n) is 2.51. The number of carbonyl (C=O) groups is 1. The van der Waals surface area contributed by atoms with Crippen LogP contribution < -0.4 is 0 Å². The summed E-state index contributed by atoms with van der Waals surface area (Å²) in [5, 5.41) is 0.753. The van der Waals surface area contributed by atoms with Crippen molar-refractivity contribution in [3.05, 3.63) is 24.1 Å². The largest absolute Gasteiger partial charge is 0.443 e. The van der Waals surface area contributed by atoms with Gasteiger partial charge in [0.15, 0.2) is 0 Å². The zero-order valence-corrected chi connectivity index (χ0v) is 8.43. The first-order chi connectivity index (χ1) is 5.81. The van der Waals surface area contributed by atoms with E-state index >= 15 is 0 Å². The summed E-state index contributed by atoms with van der Waals surface area (Å²) in [5.74, 6) is -0.724. The molecule has 0 aromatic carbocycles. The first-order valence-corrected chi connectivity index (χ1v) is 5.15. The van der Waals surface area contributed by atoms with Crippen molar-refractivity contribution in [1.82, 2.24) is 0 Å². The summed E-state index contributed by atoms with van der Waals surface area (Å²) in [6.45, 7) is 9.13. The molecule has 13 heavy (non-hydrogen) atoms. The van der Waals surface area contributed by atoms with Gasteiger partial charge < -0.3 is 4.74 Å². The molecule has 0 aliphatic rings. The normalized spacial score (nSPS) is 13.1. The lowest BCUT2D eigenvalue weighted by Crippen LogP contribution is -2.22.